The van der Waals surface area contributed by atoms with Crippen LogP contribution in [0.5, 0.6) is 0 Å². The van der Waals surface area contributed by atoms with Crippen molar-refractivity contribution in [2.75, 3.05) is 5.32 Å². The molecule has 96 valence electrons. The molecule has 2 rings (SSSR count). The second kappa shape index (κ2) is 6.05. The highest BCUT2D eigenvalue weighted by atomic mass is 79.9. The van der Waals surface area contributed by atoms with Crippen molar-refractivity contribution in [3.8, 4) is 6.07 Å². The predicted molar refractivity (Wildman–Crippen MR) is 77.6 cm³/mol. The minimum atomic E-state index is -0.334. The Kier molecular flexibility index (Phi) is 4.41. The summed E-state index contributed by atoms with van der Waals surface area (Å²) in [5, 5.41) is 12.5. The molecule has 2 nitrogen and oxygen atoms in total. The molecular weight excluding hydrogens is 331 g/mol. The van der Waals surface area contributed by atoms with Gasteiger partial charge in [-0.05, 0) is 52.3 Å². The first-order chi connectivity index (χ1) is 9.10. The van der Waals surface area contributed by atoms with Crippen LogP contribution in [0.3, 0.4) is 0 Å². The summed E-state index contributed by atoms with van der Waals surface area (Å²) in [6.45, 7) is 0.301. The Bertz CT molecular complexity index is 652. The van der Waals surface area contributed by atoms with E-state index in [9.17, 15) is 4.39 Å². The predicted octanol–water partition coefficient (Wildman–Crippen LogP) is 4.73. The lowest BCUT2D eigenvalue weighted by Gasteiger charge is -2.08. The molecule has 0 spiro atoms. The van der Waals surface area contributed by atoms with Crippen LogP contribution >= 0.6 is 27.5 Å². The fraction of sp³-hybridized carbons (Fsp3) is 0.0714. The van der Waals surface area contributed by atoms with Crippen molar-refractivity contribution in [2.24, 2.45) is 0 Å². The zero-order chi connectivity index (χ0) is 13.8. The lowest BCUT2D eigenvalue weighted by atomic mass is 10.1. The Labute approximate surface area is 123 Å². The summed E-state index contributed by atoms with van der Waals surface area (Å²) < 4.78 is 14.3. The number of benzene rings is 2. The molecule has 1 N–H and O–H groups in total. The average Bonchev–Trinajstić information content (AvgIpc) is 2.41. The molecule has 19 heavy (non-hydrogen) atoms. The summed E-state index contributed by atoms with van der Waals surface area (Å²) in [4.78, 5) is 0. The molecule has 0 fully saturated rings. The minimum absolute atomic E-state index is 0.301. The Morgan fingerprint density at radius 2 is 2.05 bits per heavy atom. The van der Waals surface area contributed by atoms with Crippen LogP contribution in [0.4, 0.5) is 10.1 Å². The summed E-state index contributed by atoms with van der Waals surface area (Å²) in [5.41, 5.74) is 1.71. The average molecular weight is 340 g/mol. The molecule has 0 radical (unpaired) electrons. The van der Waals surface area contributed by atoms with Gasteiger partial charge in [-0.1, -0.05) is 11.6 Å². The van der Waals surface area contributed by atoms with E-state index in [1.54, 1.807) is 12.1 Å². The third kappa shape index (κ3) is 3.46. The van der Waals surface area contributed by atoms with Crippen molar-refractivity contribution < 1.29 is 4.39 Å². The van der Waals surface area contributed by atoms with Gasteiger partial charge < -0.3 is 5.32 Å². The summed E-state index contributed by atoms with van der Waals surface area (Å²) in [6.07, 6.45) is 0. The normalized spacial score (nSPS) is 10.0. The topological polar surface area (TPSA) is 35.8 Å². The maximum atomic E-state index is 13.6. The fourth-order valence-corrected chi connectivity index (χ4v) is 2.08. The van der Waals surface area contributed by atoms with Gasteiger partial charge in [-0.15, -0.1) is 0 Å². The van der Waals surface area contributed by atoms with E-state index in [-0.39, 0.29) is 5.82 Å². The standard InChI is InChI=1S/C14H9BrClFN2/c15-12-6-11(2-3-13(12)16)19-8-10-5-9(7-18)1-4-14(10)17/h1-6,19H,8H2. The molecule has 0 aliphatic carbocycles. The van der Waals surface area contributed by atoms with Crippen molar-refractivity contribution >= 4 is 33.2 Å². The van der Waals surface area contributed by atoms with Crippen LogP contribution in [-0.2, 0) is 6.54 Å². The molecule has 0 saturated carbocycles. The molecule has 0 unspecified atom stereocenters. The molecule has 0 aliphatic heterocycles. The van der Waals surface area contributed by atoms with E-state index in [1.165, 1.54) is 18.2 Å². The van der Waals surface area contributed by atoms with E-state index >= 15 is 0 Å². The first-order valence-electron chi connectivity index (χ1n) is 5.47. The quantitative estimate of drug-likeness (QED) is 0.878. The highest BCUT2D eigenvalue weighted by Crippen LogP contribution is 2.26. The van der Waals surface area contributed by atoms with E-state index in [2.05, 4.69) is 21.2 Å². The molecule has 0 heterocycles. The lowest BCUT2D eigenvalue weighted by Crippen LogP contribution is -2.02. The van der Waals surface area contributed by atoms with Gasteiger partial charge in [-0.2, -0.15) is 5.26 Å². The van der Waals surface area contributed by atoms with E-state index in [0.717, 1.165) is 10.2 Å². The van der Waals surface area contributed by atoms with Gasteiger partial charge in [0, 0.05) is 22.3 Å². The molecule has 0 aromatic heterocycles. The third-order valence-corrected chi connectivity index (χ3v) is 3.79. The van der Waals surface area contributed by atoms with Crippen LogP contribution in [0, 0.1) is 17.1 Å². The Hall–Kier alpha value is -1.57. The van der Waals surface area contributed by atoms with Crippen molar-refractivity contribution in [1.82, 2.24) is 0 Å². The second-order valence-corrected chi connectivity index (χ2v) is 5.16. The molecule has 2 aromatic rings. The molecule has 2 aromatic carbocycles. The van der Waals surface area contributed by atoms with Crippen LogP contribution in [0.1, 0.15) is 11.1 Å². The first kappa shape index (κ1) is 13.9. The number of nitriles is 1. The van der Waals surface area contributed by atoms with Gasteiger partial charge in [0.1, 0.15) is 5.82 Å². The number of anilines is 1. The fourth-order valence-electron chi connectivity index (χ4n) is 1.58. The van der Waals surface area contributed by atoms with Crippen LogP contribution in [-0.4, -0.2) is 0 Å². The number of nitrogens with zero attached hydrogens (tertiary/aromatic N) is 1. The smallest absolute Gasteiger partial charge is 0.128 e. The molecule has 0 bridgehead atoms. The molecule has 0 amide bonds. The number of nitrogens with one attached hydrogen (secondary N) is 1. The summed E-state index contributed by atoms with van der Waals surface area (Å²) in [6, 6.07) is 11.6. The maximum Gasteiger partial charge on any atom is 0.128 e. The van der Waals surface area contributed by atoms with Gasteiger partial charge in [0.15, 0.2) is 0 Å². The van der Waals surface area contributed by atoms with Gasteiger partial charge in [0.25, 0.3) is 0 Å². The molecule has 0 saturated heterocycles. The van der Waals surface area contributed by atoms with E-state index < -0.39 is 0 Å². The van der Waals surface area contributed by atoms with Crippen molar-refractivity contribution in [2.45, 2.75) is 6.54 Å². The van der Waals surface area contributed by atoms with E-state index in [4.69, 9.17) is 16.9 Å². The van der Waals surface area contributed by atoms with Gasteiger partial charge >= 0.3 is 0 Å². The third-order valence-electron chi connectivity index (χ3n) is 2.58. The highest BCUT2D eigenvalue weighted by Gasteiger charge is 2.04. The zero-order valence-electron chi connectivity index (χ0n) is 9.75. The highest BCUT2D eigenvalue weighted by molar-refractivity contribution is 9.10. The van der Waals surface area contributed by atoms with E-state index in [1.807, 2.05) is 12.1 Å². The van der Waals surface area contributed by atoms with Crippen LogP contribution in [0.25, 0.3) is 0 Å². The van der Waals surface area contributed by atoms with Gasteiger partial charge in [0.2, 0.25) is 0 Å². The number of hydrogen-bond acceptors (Lipinski definition) is 2. The Morgan fingerprint density at radius 3 is 2.74 bits per heavy atom. The lowest BCUT2D eigenvalue weighted by molar-refractivity contribution is 0.612. The molecule has 5 heteroatoms. The van der Waals surface area contributed by atoms with E-state index in [0.29, 0.717) is 22.7 Å². The number of halogens is 3. The number of rotatable bonds is 3. The molecular formula is C14H9BrClFN2. The summed E-state index contributed by atoms with van der Waals surface area (Å²) in [5.74, 6) is -0.334. The minimum Gasteiger partial charge on any atom is -0.381 e. The summed E-state index contributed by atoms with van der Waals surface area (Å²) >= 11 is 9.21. The van der Waals surface area contributed by atoms with Crippen molar-refractivity contribution in [1.29, 1.82) is 5.26 Å². The van der Waals surface area contributed by atoms with Crippen LogP contribution in [0.2, 0.25) is 5.02 Å². The molecule has 0 atom stereocenters. The monoisotopic (exact) mass is 338 g/mol. The van der Waals surface area contributed by atoms with Crippen molar-refractivity contribution in [3.63, 3.8) is 0 Å². The zero-order valence-corrected chi connectivity index (χ0v) is 12.1. The Balaban J connectivity index is 2.14. The SMILES string of the molecule is N#Cc1ccc(F)c(CNc2ccc(Cl)c(Br)c2)c1. The second-order valence-electron chi connectivity index (χ2n) is 3.90. The first-order valence-corrected chi connectivity index (χ1v) is 6.64. The summed E-state index contributed by atoms with van der Waals surface area (Å²) in [7, 11) is 0. The van der Waals surface area contributed by atoms with Crippen molar-refractivity contribution in [3.05, 3.63) is 62.8 Å². The number of hydrogen-bond donors (Lipinski definition) is 1. The maximum absolute atomic E-state index is 13.6. The van der Waals surface area contributed by atoms with Gasteiger partial charge in [0.05, 0.1) is 16.7 Å². The van der Waals surface area contributed by atoms with Crippen LogP contribution < -0.4 is 5.32 Å². The van der Waals surface area contributed by atoms with Crippen LogP contribution in [0.15, 0.2) is 40.9 Å². The molecule has 0 aliphatic rings. The Morgan fingerprint density at radius 1 is 1.26 bits per heavy atom. The van der Waals surface area contributed by atoms with Gasteiger partial charge in [-0.25, -0.2) is 4.39 Å². The van der Waals surface area contributed by atoms with Gasteiger partial charge in [-0.3, -0.25) is 0 Å². The largest absolute Gasteiger partial charge is 0.381 e.